The van der Waals surface area contributed by atoms with Gasteiger partial charge in [0.25, 0.3) is 0 Å². The van der Waals surface area contributed by atoms with E-state index < -0.39 is 0 Å². The van der Waals surface area contributed by atoms with E-state index in [4.69, 9.17) is 0 Å². The lowest BCUT2D eigenvalue weighted by Gasteiger charge is -2.25. The minimum absolute atomic E-state index is 0.00974. The molecule has 1 aromatic carbocycles. The van der Waals surface area contributed by atoms with Crippen molar-refractivity contribution in [2.75, 3.05) is 13.1 Å². The Bertz CT molecular complexity index is 675. The van der Waals surface area contributed by atoms with E-state index in [1.165, 1.54) is 11.1 Å². The molecule has 0 aliphatic heterocycles. The molecule has 0 N–H and O–H groups in total. The molecular formula is C19H25N3O. The van der Waals surface area contributed by atoms with Gasteiger partial charge in [0.05, 0.1) is 5.69 Å². The molecule has 1 aliphatic rings. The summed E-state index contributed by atoms with van der Waals surface area (Å²) in [7, 11) is 0. The number of imidazole rings is 1. The number of benzene rings is 1. The maximum Gasteiger partial charge on any atom is 0.329 e. The van der Waals surface area contributed by atoms with Crippen LogP contribution in [0.15, 0.2) is 36.8 Å². The quantitative estimate of drug-likeness (QED) is 0.864. The largest absolute Gasteiger partial charge is 0.329 e. The predicted octanol–water partition coefficient (Wildman–Crippen LogP) is 3.64. The van der Waals surface area contributed by atoms with Crippen molar-refractivity contribution in [2.24, 2.45) is 0 Å². The predicted molar refractivity (Wildman–Crippen MR) is 91.8 cm³/mol. The Balaban J connectivity index is 1.89. The van der Waals surface area contributed by atoms with Gasteiger partial charge in [0.15, 0.2) is 0 Å². The summed E-state index contributed by atoms with van der Waals surface area (Å²) in [5.74, 6) is 0. The van der Waals surface area contributed by atoms with Gasteiger partial charge in [0.1, 0.15) is 6.33 Å². The summed E-state index contributed by atoms with van der Waals surface area (Å²) >= 11 is 0. The van der Waals surface area contributed by atoms with E-state index in [1.54, 1.807) is 10.9 Å². The third kappa shape index (κ3) is 2.67. The molecule has 1 aromatic heterocycles. The van der Waals surface area contributed by atoms with Gasteiger partial charge in [-0.3, -0.25) is 4.57 Å². The zero-order chi connectivity index (χ0) is 16.4. The number of amides is 1. The van der Waals surface area contributed by atoms with Gasteiger partial charge in [-0.25, -0.2) is 9.78 Å². The van der Waals surface area contributed by atoms with E-state index in [2.05, 4.69) is 36.2 Å². The van der Waals surface area contributed by atoms with Crippen molar-refractivity contribution in [3.63, 3.8) is 0 Å². The van der Waals surface area contributed by atoms with Crippen molar-refractivity contribution < 1.29 is 4.79 Å². The molecule has 0 atom stereocenters. The van der Waals surface area contributed by atoms with Gasteiger partial charge in [-0.05, 0) is 44.2 Å². The highest BCUT2D eigenvalue weighted by atomic mass is 16.2. The second-order valence-corrected chi connectivity index (χ2v) is 6.38. The smallest absolute Gasteiger partial charge is 0.325 e. The fraction of sp³-hybridized carbons (Fsp3) is 0.474. The lowest BCUT2D eigenvalue weighted by Crippen LogP contribution is -2.33. The van der Waals surface area contributed by atoms with Gasteiger partial charge < -0.3 is 4.90 Å². The van der Waals surface area contributed by atoms with Crippen molar-refractivity contribution in [3.8, 4) is 0 Å². The first-order valence-corrected chi connectivity index (χ1v) is 8.54. The van der Waals surface area contributed by atoms with Crippen LogP contribution in [0, 0.1) is 0 Å². The van der Waals surface area contributed by atoms with Crippen LogP contribution in [0.5, 0.6) is 0 Å². The second kappa shape index (κ2) is 6.19. The van der Waals surface area contributed by atoms with Crippen LogP contribution >= 0.6 is 0 Å². The van der Waals surface area contributed by atoms with Crippen molar-refractivity contribution in [3.05, 3.63) is 53.6 Å². The van der Waals surface area contributed by atoms with Crippen LogP contribution in [0.3, 0.4) is 0 Å². The highest BCUT2D eigenvalue weighted by molar-refractivity contribution is 5.76. The van der Waals surface area contributed by atoms with E-state index in [0.29, 0.717) is 13.1 Å². The lowest BCUT2D eigenvalue weighted by molar-refractivity contribution is 0.205. The van der Waals surface area contributed by atoms with Crippen LogP contribution in [0.1, 0.15) is 44.0 Å². The number of fused-ring (bicyclic) bond motifs is 1. The number of aromatic nitrogens is 2. The number of rotatable bonds is 4. The summed E-state index contributed by atoms with van der Waals surface area (Å²) in [6, 6.07) is 8.64. The molecule has 23 heavy (non-hydrogen) atoms. The van der Waals surface area contributed by atoms with Crippen molar-refractivity contribution in [1.29, 1.82) is 0 Å². The Hall–Kier alpha value is -2.10. The van der Waals surface area contributed by atoms with E-state index >= 15 is 0 Å². The Labute approximate surface area is 138 Å². The normalized spacial score (nSPS) is 15.4. The van der Waals surface area contributed by atoms with Crippen LogP contribution in [0.4, 0.5) is 4.79 Å². The van der Waals surface area contributed by atoms with E-state index in [9.17, 15) is 4.79 Å². The molecule has 0 bridgehead atoms. The van der Waals surface area contributed by atoms with Crippen LogP contribution in [-0.2, 0) is 18.3 Å². The Kier molecular flexibility index (Phi) is 4.24. The van der Waals surface area contributed by atoms with Crippen LogP contribution < -0.4 is 0 Å². The molecule has 3 rings (SSSR count). The summed E-state index contributed by atoms with van der Waals surface area (Å²) in [6.45, 7) is 7.65. The Morgan fingerprint density at radius 1 is 1.17 bits per heavy atom. The number of hydrogen-bond acceptors (Lipinski definition) is 2. The third-order valence-electron chi connectivity index (χ3n) is 5.23. The summed E-state index contributed by atoms with van der Waals surface area (Å²) in [5.41, 5.74) is 3.90. The van der Waals surface area contributed by atoms with Crippen molar-refractivity contribution in [1.82, 2.24) is 14.5 Å². The molecule has 0 saturated carbocycles. The van der Waals surface area contributed by atoms with Gasteiger partial charge in [-0.15, -0.1) is 0 Å². The zero-order valence-corrected chi connectivity index (χ0v) is 14.2. The summed E-state index contributed by atoms with van der Waals surface area (Å²) in [5, 5.41) is 0. The van der Waals surface area contributed by atoms with Gasteiger partial charge in [0.2, 0.25) is 0 Å². The van der Waals surface area contributed by atoms with E-state index in [-0.39, 0.29) is 11.4 Å². The van der Waals surface area contributed by atoms with Gasteiger partial charge in [-0.2, -0.15) is 0 Å². The molecule has 1 heterocycles. The fourth-order valence-electron chi connectivity index (χ4n) is 3.66. The molecule has 0 spiro atoms. The first-order chi connectivity index (χ1) is 11.1. The number of carbonyl (C=O) groups excluding carboxylic acids is 1. The molecule has 122 valence electrons. The number of nitrogens with zero attached hydrogens (tertiary/aromatic N) is 3. The lowest BCUT2D eigenvalue weighted by atomic mass is 9.79. The average molecular weight is 311 g/mol. The molecule has 0 unspecified atom stereocenters. The number of hydrogen-bond donors (Lipinski definition) is 0. The summed E-state index contributed by atoms with van der Waals surface area (Å²) in [6.07, 6.45) is 6.66. The third-order valence-corrected chi connectivity index (χ3v) is 5.23. The standard InChI is InChI=1S/C19H25N3O/c1-4-19(11-15-9-7-8-10-16(15)12-19)17-13-22(14-20-17)18(23)21(5-2)6-3/h7-10,13-14H,4-6,11-12H2,1-3H3. The fourth-order valence-corrected chi connectivity index (χ4v) is 3.66. The van der Waals surface area contributed by atoms with Crippen LogP contribution in [0.2, 0.25) is 0 Å². The van der Waals surface area contributed by atoms with Crippen molar-refractivity contribution >= 4 is 6.03 Å². The number of carbonyl (C=O) groups is 1. The zero-order valence-electron chi connectivity index (χ0n) is 14.2. The van der Waals surface area contributed by atoms with Gasteiger partial charge in [-0.1, -0.05) is 31.2 Å². The molecule has 4 nitrogen and oxygen atoms in total. The molecule has 4 heteroatoms. The minimum Gasteiger partial charge on any atom is -0.325 e. The molecule has 1 amide bonds. The molecule has 0 fully saturated rings. The second-order valence-electron chi connectivity index (χ2n) is 6.38. The molecule has 2 aromatic rings. The highest BCUT2D eigenvalue weighted by Gasteiger charge is 2.39. The topological polar surface area (TPSA) is 38.1 Å². The van der Waals surface area contributed by atoms with E-state index in [1.807, 2.05) is 24.9 Å². The molecule has 0 saturated heterocycles. The minimum atomic E-state index is 0.00974. The maximum atomic E-state index is 12.5. The summed E-state index contributed by atoms with van der Waals surface area (Å²) < 4.78 is 1.64. The molecule has 1 aliphatic carbocycles. The van der Waals surface area contributed by atoms with Crippen LogP contribution in [0.25, 0.3) is 0 Å². The highest BCUT2D eigenvalue weighted by Crippen LogP contribution is 2.41. The van der Waals surface area contributed by atoms with E-state index in [0.717, 1.165) is 25.0 Å². The van der Waals surface area contributed by atoms with Gasteiger partial charge in [0, 0.05) is 24.7 Å². The SMILES string of the molecule is CCN(CC)C(=O)n1cnc(C2(CC)Cc3ccccc3C2)c1. The van der Waals surface area contributed by atoms with Crippen molar-refractivity contribution in [2.45, 2.75) is 45.4 Å². The van der Waals surface area contributed by atoms with Gasteiger partial charge >= 0.3 is 6.03 Å². The molecule has 0 radical (unpaired) electrons. The Morgan fingerprint density at radius 3 is 2.30 bits per heavy atom. The summed E-state index contributed by atoms with van der Waals surface area (Å²) in [4.78, 5) is 18.9. The maximum absolute atomic E-state index is 12.5. The average Bonchev–Trinajstić information content (AvgIpc) is 3.21. The monoisotopic (exact) mass is 311 g/mol. The molecular weight excluding hydrogens is 286 g/mol. The van der Waals surface area contributed by atoms with Crippen LogP contribution in [-0.4, -0.2) is 33.6 Å². The Morgan fingerprint density at radius 2 is 1.78 bits per heavy atom. The first kappa shape index (κ1) is 15.8. The first-order valence-electron chi connectivity index (χ1n) is 8.54.